The molecule has 0 bridgehead atoms. The first kappa shape index (κ1) is 81.7. The number of unbranched alkanes of at least 4 members (excludes halogenated alkanes) is 35. The zero-order valence-corrected chi connectivity index (χ0v) is 56.0. The average Bonchev–Trinajstić information content (AvgIpc) is 3.52. The Kier molecular flexibility index (Phi) is 67.0. The van der Waals surface area contributed by atoms with E-state index in [0.29, 0.717) is 6.42 Å². The summed E-state index contributed by atoms with van der Waals surface area (Å²) in [5.41, 5.74) is 5.39. The van der Waals surface area contributed by atoms with Crippen molar-refractivity contribution in [3.05, 3.63) is 109 Å². The van der Waals surface area contributed by atoms with Crippen LogP contribution in [-0.4, -0.2) is 49.3 Å². The van der Waals surface area contributed by atoms with E-state index in [1.807, 2.05) is 0 Å². The zero-order chi connectivity index (χ0) is 61.6. The van der Waals surface area contributed by atoms with Gasteiger partial charge in [-0.15, -0.1) is 0 Å². The third-order valence-electron chi connectivity index (χ3n) is 15.1. The van der Waals surface area contributed by atoms with Crippen LogP contribution in [0.3, 0.4) is 0 Å². The molecule has 0 aromatic carbocycles. The van der Waals surface area contributed by atoms with Gasteiger partial charge >= 0.3 is 19.8 Å². The Morgan fingerprint density at radius 3 is 0.965 bits per heavy atom. The topological polar surface area (TPSA) is 134 Å². The number of hydrogen-bond donors (Lipinski definition) is 2. The lowest BCUT2D eigenvalue weighted by Crippen LogP contribution is -2.29. The van der Waals surface area contributed by atoms with Gasteiger partial charge in [0, 0.05) is 19.4 Å². The van der Waals surface area contributed by atoms with E-state index in [4.69, 9.17) is 24.3 Å². The predicted molar refractivity (Wildman–Crippen MR) is 367 cm³/mol. The maximum absolute atomic E-state index is 12.7. The summed E-state index contributed by atoms with van der Waals surface area (Å²) in [5, 5.41) is 0. The highest BCUT2D eigenvalue weighted by molar-refractivity contribution is 7.47. The number of allylic oxidation sites excluding steroid dienone is 18. The molecule has 0 fully saturated rings. The van der Waals surface area contributed by atoms with Crippen LogP contribution in [0.4, 0.5) is 0 Å². The van der Waals surface area contributed by atoms with Crippen LogP contribution in [0.2, 0.25) is 0 Å². The molecule has 0 saturated carbocycles. The van der Waals surface area contributed by atoms with Crippen molar-refractivity contribution in [1.29, 1.82) is 0 Å². The maximum Gasteiger partial charge on any atom is 0.472 e. The highest BCUT2D eigenvalue weighted by Gasteiger charge is 2.26. The van der Waals surface area contributed by atoms with Crippen LogP contribution in [0.1, 0.15) is 322 Å². The Morgan fingerprint density at radius 2 is 0.647 bits per heavy atom. The summed E-state index contributed by atoms with van der Waals surface area (Å²) in [6.45, 7) is 3.61. The molecule has 0 saturated heterocycles. The second-order valence-corrected chi connectivity index (χ2v) is 24.8. The molecule has 2 unspecified atom stereocenters. The fourth-order valence-corrected chi connectivity index (χ4v) is 10.7. The fourth-order valence-electron chi connectivity index (χ4n) is 9.94. The van der Waals surface area contributed by atoms with Gasteiger partial charge in [-0.1, -0.05) is 316 Å². The maximum atomic E-state index is 12.7. The quantitative estimate of drug-likeness (QED) is 0.0264. The van der Waals surface area contributed by atoms with Gasteiger partial charge in [0.2, 0.25) is 0 Å². The summed E-state index contributed by atoms with van der Waals surface area (Å²) >= 11 is 0. The van der Waals surface area contributed by atoms with Crippen molar-refractivity contribution in [1.82, 2.24) is 0 Å². The number of carbonyl (C=O) groups excluding carboxylic acids is 2. The van der Waals surface area contributed by atoms with Crippen LogP contribution in [0.5, 0.6) is 0 Å². The van der Waals surface area contributed by atoms with E-state index >= 15 is 0 Å². The SMILES string of the molecule is CC/C=C\C/C=C\C/C=C\C/C=C\C/C=C\C/C=C\CCCCCCC(=O)OC(COC(=O)CCCCCCCCCCCCCCCCCCCCCCCCCCCC/C=C\C/C=C\C/C=C\CCCCCCC)COP(=O)(O)OCCN. The summed E-state index contributed by atoms with van der Waals surface area (Å²) in [6, 6.07) is 0. The van der Waals surface area contributed by atoms with E-state index in [0.717, 1.165) is 96.3 Å². The van der Waals surface area contributed by atoms with Crippen molar-refractivity contribution >= 4 is 19.8 Å². The number of rotatable bonds is 66. The van der Waals surface area contributed by atoms with Crippen LogP contribution in [-0.2, 0) is 32.7 Å². The van der Waals surface area contributed by atoms with Gasteiger partial charge < -0.3 is 20.1 Å². The van der Waals surface area contributed by atoms with E-state index in [1.165, 1.54) is 193 Å². The minimum Gasteiger partial charge on any atom is -0.462 e. The molecular weight excluding hydrogens is 1070 g/mol. The minimum absolute atomic E-state index is 0.0451. The number of esters is 2. The number of carbonyl (C=O) groups is 2. The smallest absolute Gasteiger partial charge is 0.462 e. The van der Waals surface area contributed by atoms with E-state index < -0.39 is 26.5 Å². The molecule has 0 aromatic heterocycles. The lowest BCUT2D eigenvalue weighted by Gasteiger charge is -2.19. The number of phosphoric acid groups is 1. The van der Waals surface area contributed by atoms with Crippen LogP contribution in [0.25, 0.3) is 0 Å². The van der Waals surface area contributed by atoms with Crippen LogP contribution in [0.15, 0.2) is 109 Å². The Morgan fingerprint density at radius 1 is 0.365 bits per heavy atom. The monoisotopic (exact) mass is 1210 g/mol. The first-order valence-corrected chi connectivity index (χ1v) is 36.9. The van der Waals surface area contributed by atoms with Gasteiger partial charge in [0.15, 0.2) is 6.10 Å². The summed E-state index contributed by atoms with van der Waals surface area (Å²) in [7, 11) is -4.41. The number of ether oxygens (including phenoxy) is 2. The summed E-state index contributed by atoms with van der Waals surface area (Å²) in [4.78, 5) is 35.3. The second kappa shape index (κ2) is 69.8. The highest BCUT2D eigenvalue weighted by atomic mass is 31.2. The molecule has 0 spiro atoms. The largest absolute Gasteiger partial charge is 0.472 e. The molecule has 0 rings (SSSR count). The van der Waals surface area contributed by atoms with Crippen molar-refractivity contribution in [2.75, 3.05) is 26.4 Å². The third kappa shape index (κ3) is 69.6. The summed E-state index contributed by atoms with van der Waals surface area (Å²) in [6.07, 6.45) is 96.3. The van der Waals surface area contributed by atoms with E-state index in [9.17, 15) is 19.0 Å². The molecule has 3 N–H and O–H groups in total. The fraction of sp³-hybridized carbons (Fsp3) is 0.733. The number of hydrogen-bond acceptors (Lipinski definition) is 8. The lowest BCUT2D eigenvalue weighted by molar-refractivity contribution is -0.161. The second-order valence-electron chi connectivity index (χ2n) is 23.4. The van der Waals surface area contributed by atoms with Crippen molar-refractivity contribution < 1.29 is 37.6 Å². The van der Waals surface area contributed by atoms with Crippen molar-refractivity contribution in [3.8, 4) is 0 Å². The molecule has 9 nitrogen and oxygen atoms in total. The summed E-state index contributed by atoms with van der Waals surface area (Å²) < 4.78 is 33.1. The van der Waals surface area contributed by atoms with Gasteiger partial charge in [-0.05, 0) is 103 Å². The van der Waals surface area contributed by atoms with Crippen molar-refractivity contribution in [3.63, 3.8) is 0 Å². The molecule has 0 heterocycles. The molecule has 0 radical (unpaired) electrons. The molecule has 490 valence electrons. The Bertz CT molecular complexity index is 1760. The molecule has 0 amide bonds. The zero-order valence-electron chi connectivity index (χ0n) is 55.1. The van der Waals surface area contributed by atoms with E-state index in [-0.39, 0.29) is 38.6 Å². The molecule has 85 heavy (non-hydrogen) atoms. The molecule has 0 aliphatic heterocycles. The Hall–Kier alpha value is -3.33. The summed E-state index contributed by atoms with van der Waals surface area (Å²) in [5.74, 6) is -0.851. The van der Waals surface area contributed by atoms with E-state index in [1.54, 1.807) is 0 Å². The predicted octanol–water partition coefficient (Wildman–Crippen LogP) is 23.3. The first-order chi connectivity index (χ1) is 41.8. The molecule has 0 aliphatic carbocycles. The molecular formula is C75H132NO8P. The molecule has 2 atom stereocenters. The third-order valence-corrected chi connectivity index (χ3v) is 16.1. The average molecular weight is 1210 g/mol. The van der Waals surface area contributed by atoms with Gasteiger partial charge in [0.1, 0.15) is 6.61 Å². The molecule has 0 aliphatic rings. The molecule has 0 aromatic rings. The Labute approximate surface area is 524 Å². The van der Waals surface area contributed by atoms with Crippen LogP contribution < -0.4 is 5.73 Å². The molecule has 10 heteroatoms. The minimum atomic E-state index is -4.41. The van der Waals surface area contributed by atoms with Crippen LogP contribution >= 0.6 is 7.82 Å². The van der Waals surface area contributed by atoms with E-state index in [2.05, 4.69) is 123 Å². The first-order valence-electron chi connectivity index (χ1n) is 35.4. The van der Waals surface area contributed by atoms with Gasteiger partial charge in [0.05, 0.1) is 13.2 Å². The van der Waals surface area contributed by atoms with Crippen molar-refractivity contribution in [2.24, 2.45) is 5.73 Å². The van der Waals surface area contributed by atoms with Gasteiger partial charge in [-0.2, -0.15) is 0 Å². The standard InChI is InChI=1S/C75H132NO8P/c1-3-5-7-9-11-13-15-17-19-21-23-25-27-28-29-30-31-32-33-34-35-36-37-38-39-40-41-42-43-44-46-47-49-51-53-55-57-59-61-63-65-67-74(77)81-71-73(72-83-85(79,80)82-70-69-76)84-75(78)68-66-64-62-60-58-56-54-52-50-48-45-26-24-22-20-18-16-14-12-10-8-6-4-2/h6,8,12,14-15,17-18,20-21,23-24,26-28,48,50,54,56,73H,3-5,7,9-11,13,16,19,22,25,29-47,49,51-53,55,57-72,76H2,1-2H3,(H,79,80)/b8-6-,14-12-,17-15-,20-18-,23-21-,26-24-,28-27-,50-48-,56-54-. The van der Waals surface area contributed by atoms with Crippen molar-refractivity contribution in [2.45, 2.75) is 328 Å². The highest BCUT2D eigenvalue weighted by Crippen LogP contribution is 2.43. The Balaban J connectivity index is 3.82. The normalized spacial score (nSPS) is 13.6. The lowest BCUT2D eigenvalue weighted by atomic mass is 10.0. The van der Waals surface area contributed by atoms with Gasteiger partial charge in [-0.25, -0.2) is 4.57 Å². The van der Waals surface area contributed by atoms with Gasteiger partial charge in [0.25, 0.3) is 0 Å². The van der Waals surface area contributed by atoms with Crippen LogP contribution in [0, 0.1) is 0 Å². The number of phosphoric ester groups is 1. The number of nitrogens with two attached hydrogens (primary N) is 1. The van der Waals surface area contributed by atoms with Gasteiger partial charge in [-0.3, -0.25) is 18.6 Å².